The number of fused-ring (bicyclic) bond motifs is 1. The Kier molecular flexibility index (Phi) is 3.74. The van der Waals surface area contributed by atoms with Gasteiger partial charge in [-0.15, -0.1) is 0 Å². The summed E-state index contributed by atoms with van der Waals surface area (Å²) in [4.78, 5) is 11.9. The maximum Gasteiger partial charge on any atom is 0.231 e. The predicted molar refractivity (Wildman–Crippen MR) is 82.0 cm³/mol. The molecule has 3 N–H and O–H groups in total. The number of amides is 1. The van der Waals surface area contributed by atoms with E-state index in [4.69, 9.17) is 17.3 Å². The summed E-state index contributed by atoms with van der Waals surface area (Å²) in [5, 5.41) is 3.66. The monoisotopic (exact) mass is 292 g/mol. The van der Waals surface area contributed by atoms with Gasteiger partial charge >= 0.3 is 0 Å². The first-order valence-corrected chi connectivity index (χ1v) is 7.85. The van der Waals surface area contributed by atoms with Crippen LogP contribution in [-0.4, -0.2) is 5.91 Å². The normalized spacial score (nSPS) is 24.4. The molecule has 3 rings (SSSR count). The predicted octanol–water partition coefficient (Wildman–Crippen LogP) is 3.98. The number of carbonyl (C=O) groups excluding carboxylic acids is 1. The van der Waals surface area contributed by atoms with Crippen molar-refractivity contribution in [2.24, 2.45) is 11.7 Å². The number of hydrogen-bond donors (Lipinski definition) is 2. The molecule has 0 saturated heterocycles. The fourth-order valence-electron chi connectivity index (χ4n) is 3.52. The molecule has 1 aromatic carbocycles. The zero-order valence-corrected chi connectivity index (χ0v) is 12.5. The van der Waals surface area contributed by atoms with Crippen LogP contribution in [0.1, 0.15) is 62.1 Å². The Balaban J connectivity index is 1.97. The summed E-state index contributed by atoms with van der Waals surface area (Å²) in [6.45, 7) is 1.91. The van der Waals surface area contributed by atoms with Gasteiger partial charge in [0.25, 0.3) is 0 Å². The van der Waals surface area contributed by atoms with Gasteiger partial charge in [0.1, 0.15) is 0 Å². The smallest absolute Gasteiger partial charge is 0.231 e. The quantitative estimate of drug-likeness (QED) is 0.866. The van der Waals surface area contributed by atoms with E-state index in [9.17, 15) is 4.79 Å². The van der Waals surface area contributed by atoms with Gasteiger partial charge in [-0.05, 0) is 48.9 Å². The molecule has 4 heteroatoms. The Morgan fingerprint density at radius 3 is 2.70 bits per heavy atom. The van der Waals surface area contributed by atoms with E-state index in [1.807, 2.05) is 19.1 Å². The van der Waals surface area contributed by atoms with Crippen LogP contribution in [0.3, 0.4) is 0 Å². The van der Waals surface area contributed by atoms with Crippen LogP contribution in [0.15, 0.2) is 12.1 Å². The molecule has 1 amide bonds. The summed E-state index contributed by atoms with van der Waals surface area (Å²) in [7, 11) is 0. The number of nitrogens with two attached hydrogens (primary N) is 1. The van der Waals surface area contributed by atoms with Gasteiger partial charge in [-0.25, -0.2) is 0 Å². The average Bonchev–Trinajstić information content (AvgIpc) is 2.74. The zero-order valence-electron chi connectivity index (χ0n) is 11.8. The lowest BCUT2D eigenvalue weighted by atomic mass is 9.80. The van der Waals surface area contributed by atoms with Gasteiger partial charge in [0.05, 0.1) is 5.92 Å². The molecule has 3 nitrogen and oxygen atoms in total. The van der Waals surface area contributed by atoms with Crippen LogP contribution in [0.5, 0.6) is 0 Å². The van der Waals surface area contributed by atoms with Crippen molar-refractivity contribution >= 4 is 23.2 Å². The van der Waals surface area contributed by atoms with E-state index in [1.54, 1.807) is 0 Å². The molecule has 1 aliphatic heterocycles. The molecule has 2 unspecified atom stereocenters. The van der Waals surface area contributed by atoms with Crippen LogP contribution < -0.4 is 11.1 Å². The van der Waals surface area contributed by atoms with Crippen LogP contribution in [0.4, 0.5) is 5.69 Å². The second kappa shape index (κ2) is 5.38. The highest BCUT2D eigenvalue weighted by atomic mass is 35.5. The molecule has 1 saturated carbocycles. The fraction of sp³-hybridized carbons (Fsp3) is 0.562. The summed E-state index contributed by atoms with van der Waals surface area (Å²) < 4.78 is 0. The van der Waals surface area contributed by atoms with Crippen LogP contribution in [0.2, 0.25) is 5.02 Å². The topological polar surface area (TPSA) is 55.1 Å². The van der Waals surface area contributed by atoms with Gasteiger partial charge in [-0.1, -0.05) is 30.9 Å². The number of nitrogens with one attached hydrogen (secondary N) is 1. The molecular formula is C16H21ClN2O. The number of rotatable bonds is 2. The lowest BCUT2D eigenvalue weighted by Crippen LogP contribution is -2.24. The minimum atomic E-state index is -0.138. The van der Waals surface area contributed by atoms with Crippen molar-refractivity contribution in [1.29, 1.82) is 0 Å². The van der Waals surface area contributed by atoms with E-state index in [-0.39, 0.29) is 17.9 Å². The van der Waals surface area contributed by atoms with Crippen LogP contribution in [0, 0.1) is 5.92 Å². The van der Waals surface area contributed by atoms with Gasteiger partial charge in [-0.2, -0.15) is 0 Å². The summed E-state index contributed by atoms with van der Waals surface area (Å²) in [5.74, 6) is 0.402. The molecule has 1 aliphatic carbocycles. The van der Waals surface area contributed by atoms with Crippen LogP contribution in [0.25, 0.3) is 0 Å². The molecule has 2 atom stereocenters. The molecule has 0 bridgehead atoms. The molecular weight excluding hydrogens is 272 g/mol. The van der Waals surface area contributed by atoms with E-state index in [0.29, 0.717) is 10.9 Å². The van der Waals surface area contributed by atoms with Gasteiger partial charge in [0, 0.05) is 16.8 Å². The molecule has 1 aromatic rings. The molecule has 108 valence electrons. The third-order valence-corrected chi connectivity index (χ3v) is 5.01. The zero-order chi connectivity index (χ0) is 14.3. The molecule has 1 fully saturated rings. The summed E-state index contributed by atoms with van der Waals surface area (Å²) >= 11 is 6.23. The van der Waals surface area contributed by atoms with E-state index in [1.165, 1.54) is 32.1 Å². The van der Waals surface area contributed by atoms with E-state index in [0.717, 1.165) is 16.8 Å². The fourth-order valence-corrected chi connectivity index (χ4v) is 3.75. The second-order valence-corrected chi connectivity index (χ2v) is 6.53. The Morgan fingerprint density at radius 2 is 2.00 bits per heavy atom. The van der Waals surface area contributed by atoms with E-state index in [2.05, 4.69) is 5.32 Å². The Hall–Kier alpha value is -1.06. The summed E-state index contributed by atoms with van der Waals surface area (Å²) in [5.41, 5.74) is 9.40. The SMILES string of the molecule is CC1C(=O)Nc2c1cc(Cl)cc2C(N)C1CCCCC1. The summed E-state index contributed by atoms with van der Waals surface area (Å²) in [6.07, 6.45) is 6.16. The third kappa shape index (κ3) is 2.33. The first-order valence-electron chi connectivity index (χ1n) is 7.47. The minimum absolute atomic E-state index is 0.0339. The molecule has 2 aliphatic rings. The highest BCUT2D eigenvalue weighted by Crippen LogP contribution is 2.43. The standard InChI is InChI=1S/C16H21ClN2O/c1-9-12-7-11(17)8-13(15(12)19-16(9)20)14(18)10-5-3-2-4-6-10/h7-10,14H,2-6,18H2,1H3,(H,19,20). The Morgan fingerprint density at radius 1 is 1.30 bits per heavy atom. The first-order chi connectivity index (χ1) is 9.58. The van der Waals surface area contributed by atoms with Crippen molar-refractivity contribution < 1.29 is 4.79 Å². The number of carbonyl (C=O) groups is 1. The minimum Gasteiger partial charge on any atom is -0.325 e. The first kappa shape index (κ1) is 13.9. The van der Waals surface area contributed by atoms with Crippen molar-refractivity contribution in [3.63, 3.8) is 0 Å². The van der Waals surface area contributed by atoms with Crippen LogP contribution in [-0.2, 0) is 4.79 Å². The third-order valence-electron chi connectivity index (χ3n) is 4.79. The maximum absolute atomic E-state index is 11.9. The molecule has 0 radical (unpaired) electrons. The highest BCUT2D eigenvalue weighted by Gasteiger charge is 2.32. The van der Waals surface area contributed by atoms with Gasteiger partial charge < -0.3 is 11.1 Å². The van der Waals surface area contributed by atoms with Gasteiger partial charge in [-0.3, -0.25) is 4.79 Å². The van der Waals surface area contributed by atoms with Crippen molar-refractivity contribution in [3.8, 4) is 0 Å². The largest absolute Gasteiger partial charge is 0.325 e. The number of halogens is 1. The lowest BCUT2D eigenvalue weighted by molar-refractivity contribution is -0.116. The van der Waals surface area contributed by atoms with Crippen molar-refractivity contribution in [2.75, 3.05) is 5.32 Å². The van der Waals surface area contributed by atoms with Crippen molar-refractivity contribution in [1.82, 2.24) is 0 Å². The number of hydrogen-bond acceptors (Lipinski definition) is 2. The number of anilines is 1. The maximum atomic E-state index is 11.9. The molecule has 20 heavy (non-hydrogen) atoms. The number of benzene rings is 1. The average molecular weight is 293 g/mol. The highest BCUT2D eigenvalue weighted by molar-refractivity contribution is 6.31. The van der Waals surface area contributed by atoms with Gasteiger partial charge in [0.15, 0.2) is 0 Å². The Labute approximate surface area is 124 Å². The van der Waals surface area contributed by atoms with Crippen molar-refractivity contribution in [2.45, 2.75) is 51.0 Å². The molecule has 0 spiro atoms. The summed E-state index contributed by atoms with van der Waals surface area (Å²) in [6, 6.07) is 3.78. The van der Waals surface area contributed by atoms with E-state index >= 15 is 0 Å². The second-order valence-electron chi connectivity index (χ2n) is 6.09. The lowest BCUT2D eigenvalue weighted by Gasteiger charge is -2.29. The molecule has 0 aromatic heterocycles. The van der Waals surface area contributed by atoms with Crippen LogP contribution >= 0.6 is 11.6 Å². The van der Waals surface area contributed by atoms with Crippen molar-refractivity contribution in [3.05, 3.63) is 28.3 Å². The molecule has 1 heterocycles. The van der Waals surface area contributed by atoms with E-state index < -0.39 is 0 Å². The Bertz CT molecular complexity index is 538. The van der Waals surface area contributed by atoms with Gasteiger partial charge in [0.2, 0.25) is 5.91 Å².